The highest BCUT2D eigenvalue weighted by Gasteiger charge is 2.12. The van der Waals surface area contributed by atoms with Crippen LogP contribution >= 0.6 is 0 Å². The van der Waals surface area contributed by atoms with Crippen LogP contribution in [0.25, 0.3) is 0 Å². The molecule has 1 atom stereocenters. The van der Waals surface area contributed by atoms with Crippen molar-refractivity contribution in [1.82, 2.24) is 10.2 Å². The van der Waals surface area contributed by atoms with Crippen LogP contribution in [0.3, 0.4) is 0 Å². The summed E-state index contributed by atoms with van der Waals surface area (Å²) in [6.07, 6.45) is 2.61. The van der Waals surface area contributed by atoms with E-state index < -0.39 is 0 Å². The minimum absolute atomic E-state index is 0.732. The van der Waals surface area contributed by atoms with Gasteiger partial charge >= 0.3 is 0 Å². The Hall–Kier alpha value is -0.0800. The quantitative estimate of drug-likeness (QED) is 0.594. The topological polar surface area (TPSA) is 15.3 Å². The third-order valence-electron chi connectivity index (χ3n) is 2.85. The second kappa shape index (κ2) is 9.17. The Morgan fingerprint density at radius 3 is 2.27 bits per heavy atom. The zero-order valence-corrected chi connectivity index (χ0v) is 11.3. The largest absolute Gasteiger partial charge is 0.317 e. The zero-order valence-electron chi connectivity index (χ0n) is 11.3. The molecule has 0 aliphatic carbocycles. The molecule has 0 fully saturated rings. The molecule has 0 spiro atoms. The van der Waals surface area contributed by atoms with Crippen LogP contribution in [-0.2, 0) is 0 Å². The van der Waals surface area contributed by atoms with E-state index in [9.17, 15) is 0 Å². The molecule has 0 amide bonds. The second-order valence-corrected chi connectivity index (χ2v) is 4.83. The van der Waals surface area contributed by atoms with Crippen LogP contribution in [0.1, 0.15) is 47.5 Å². The predicted molar refractivity (Wildman–Crippen MR) is 69.3 cm³/mol. The first kappa shape index (κ1) is 14.9. The number of nitrogens with one attached hydrogen (secondary N) is 1. The summed E-state index contributed by atoms with van der Waals surface area (Å²) >= 11 is 0. The first-order chi connectivity index (χ1) is 7.11. The van der Waals surface area contributed by atoms with Crippen LogP contribution in [0, 0.1) is 5.92 Å². The van der Waals surface area contributed by atoms with Crippen molar-refractivity contribution in [2.24, 2.45) is 5.92 Å². The van der Waals surface area contributed by atoms with E-state index in [1.165, 1.54) is 32.5 Å². The molecule has 0 radical (unpaired) electrons. The summed E-state index contributed by atoms with van der Waals surface area (Å²) < 4.78 is 0. The molecule has 0 aliphatic heterocycles. The fourth-order valence-corrected chi connectivity index (χ4v) is 1.97. The summed E-state index contributed by atoms with van der Waals surface area (Å²) in [4.78, 5) is 2.59. The van der Waals surface area contributed by atoms with E-state index in [-0.39, 0.29) is 0 Å². The van der Waals surface area contributed by atoms with Crippen molar-refractivity contribution in [3.8, 4) is 0 Å². The summed E-state index contributed by atoms with van der Waals surface area (Å²) in [6.45, 7) is 16.1. The van der Waals surface area contributed by atoms with Crippen LogP contribution in [0.4, 0.5) is 0 Å². The molecule has 0 aromatic carbocycles. The molecule has 0 rings (SSSR count). The highest BCUT2D eigenvalue weighted by atomic mass is 15.1. The summed E-state index contributed by atoms with van der Waals surface area (Å²) in [5, 5.41) is 3.38. The van der Waals surface area contributed by atoms with Gasteiger partial charge in [0, 0.05) is 12.6 Å². The van der Waals surface area contributed by atoms with E-state index in [1.807, 2.05) is 0 Å². The zero-order chi connectivity index (χ0) is 11.7. The maximum absolute atomic E-state index is 3.38. The number of hydrogen-bond acceptors (Lipinski definition) is 2. The average molecular weight is 214 g/mol. The van der Waals surface area contributed by atoms with Crippen molar-refractivity contribution in [1.29, 1.82) is 0 Å². The molecule has 1 unspecified atom stereocenters. The molecule has 0 saturated heterocycles. The van der Waals surface area contributed by atoms with Gasteiger partial charge in [0.15, 0.2) is 0 Å². The molecular formula is C13H30N2. The lowest BCUT2D eigenvalue weighted by Gasteiger charge is -2.29. The highest BCUT2D eigenvalue weighted by molar-refractivity contribution is 4.67. The fourth-order valence-electron chi connectivity index (χ4n) is 1.97. The monoisotopic (exact) mass is 214 g/mol. The molecule has 15 heavy (non-hydrogen) atoms. The molecule has 1 N–H and O–H groups in total. The van der Waals surface area contributed by atoms with Gasteiger partial charge in [-0.25, -0.2) is 0 Å². The highest BCUT2D eigenvalue weighted by Crippen LogP contribution is 2.08. The smallest absolute Gasteiger partial charge is 0.00673 e. The summed E-state index contributed by atoms with van der Waals surface area (Å²) in [5.41, 5.74) is 0. The van der Waals surface area contributed by atoms with Crippen molar-refractivity contribution in [2.75, 3.05) is 26.2 Å². The molecule has 0 heterocycles. The minimum Gasteiger partial charge on any atom is -0.317 e. The van der Waals surface area contributed by atoms with Crippen molar-refractivity contribution in [3.05, 3.63) is 0 Å². The SMILES string of the molecule is CCNCCCC(C)N(CC)CC(C)C. The molecule has 0 aliphatic rings. The van der Waals surface area contributed by atoms with E-state index in [2.05, 4.69) is 44.8 Å². The van der Waals surface area contributed by atoms with E-state index in [0.29, 0.717) is 0 Å². The van der Waals surface area contributed by atoms with Gasteiger partial charge in [-0.2, -0.15) is 0 Å². The van der Waals surface area contributed by atoms with Gasteiger partial charge in [0.1, 0.15) is 0 Å². The first-order valence-electron chi connectivity index (χ1n) is 6.56. The van der Waals surface area contributed by atoms with Gasteiger partial charge in [0.05, 0.1) is 0 Å². The normalized spacial score (nSPS) is 13.8. The van der Waals surface area contributed by atoms with E-state index >= 15 is 0 Å². The molecule has 0 aromatic rings. The average Bonchev–Trinajstić information content (AvgIpc) is 2.20. The predicted octanol–water partition coefficient (Wildman–Crippen LogP) is 2.74. The van der Waals surface area contributed by atoms with E-state index in [0.717, 1.165) is 18.5 Å². The minimum atomic E-state index is 0.732. The van der Waals surface area contributed by atoms with Crippen molar-refractivity contribution in [2.45, 2.75) is 53.5 Å². The van der Waals surface area contributed by atoms with Crippen LogP contribution in [0.2, 0.25) is 0 Å². The first-order valence-corrected chi connectivity index (χ1v) is 6.56. The Labute approximate surface area is 96.4 Å². The van der Waals surface area contributed by atoms with Gasteiger partial charge in [-0.3, -0.25) is 0 Å². The van der Waals surface area contributed by atoms with Crippen LogP contribution in [-0.4, -0.2) is 37.1 Å². The Bertz CT molecular complexity index is 134. The lowest BCUT2D eigenvalue weighted by molar-refractivity contribution is 0.185. The number of rotatable bonds is 9. The molecule has 2 heteroatoms. The summed E-state index contributed by atoms with van der Waals surface area (Å²) in [5.74, 6) is 0.779. The van der Waals surface area contributed by atoms with Gasteiger partial charge in [-0.1, -0.05) is 27.7 Å². The number of nitrogens with zero attached hydrogens (tertiary/aromatic N) is 1. The van der Waals surface area contributed by atoms with E-state index in [1.54, 1.807) is 0 Å². The summed E-state index contributed by atoms with van der Waals surface area (Å²) in [7, 11) is 0. The molecule has 92 valence electrons. The lowest BCUT2D eigenvalue weighted by Crippen LogP contribution is -2.36. The van der Waals surface area contributed by atoms with Crippen LogP contribution < -0.4 is 5.32 Å². The van der Waals surface area contributed by atoms with Gasteiger partial charge < -0.3 is 10.2 Å². The Morgan fingerprint density at radius 2 is 1.80 bits per heavy atom. The van der Waals surface area contributed by atoms with Gasteiger partial charge in [-0.05, 0) is 45.3 Å². The standard InChI is InChI=1S/C13H30N2/c1-6-14-10-8-9-13(5)15(7-2)11-12(3)4/h12-14H,6-11H2,1-5H3. The van der Waals surface area contributed by atoms with E-state index in [4.69, 9.17) is 0 Å². The van der Waals surface area contributed by atoms with Gasteiger partial charge in [-0.15, -0.1) is 0 Å². The Balaban J connectivity index is 3.68. The Kier molecular flexibility index (Phi) is 9.12. The molecule has 0 aromatic heterocycles. The van der Waals surface area contributed by atoms with Gasteiger partial charge in [0.25, 0.3) is 0 Å². The number of hydrogen-bond donors (Lipinski definition) is 1. The molecule has 0 saturated carbocycles. The van der Waals surface area contributed by atoms with Gasteiger partial charge in [0.2, 0.25) is 0 Å². The van der Waals surface area contributed by atoms with Crippen molar-refractivity contribution in [3.63, 3.8) is 0 Å². The molecular weight excluding hydrogens is 184 g/mol. The maximum Gasteiger partial charge on any atom is 0.00673 e. The maximum atomic E-state index is 3.38. The molecule has 0 bridgehead atoms. The fraction of sp³-hybridized carbons (Fsp3) is 1.00. The Morgan fingerprint density at radius 1 is 1.13 bits per heavy atom. The lowest BCUT2D eigenvalue weighted by atomic mass is 10.1. The van der Waals surface area contributed by atoms with Crippen LogP contribution in [0.5, 0.6) is 0 Å². The summed E-state index contributed by atoms with van der Waals surface area (Å²) in [6, 6.07) is 0.732. The second-order valence-electron chi connectivity index (χ2n) is 4.83. The van der Waals surface area contributed by atoms with Crippen molar-refractivity contribution >= 4 is 0 Å². The van der Waals surface area contributed by atoms with Crippen molar-refractivity contribution < 1.29 is 0 Å². The third-order valence-corrected chi connectivity index (χ3v) is 2.85. The third kappa shape index (κ3) is 7.80. The van der Waals surface area contributed by atoms with Crippen LogP contribution in [0.15, 0.2) is 0 Å². The molecule has 2 nitrogen and oxygen atoms in total.